The van der Waals surface area contributed by atoms with Crippen molar-refractivity contribution in [2.75, 3.05) is 32.7 Å². The van der Waals surface area contributed by atoms with Crippen LogP contribution in [-0.4, -0.2) is 59.5 Å². The monoisotopic (exact) mass is 358 g/mol. The van der Waals surface area contributed by atoms with Gasteiger partial charge in [-0.1, -0.05) is 26.0 Å². The number of likely N-dealkylation sites (tertiary alicyclic amines) is 1. The number of aliphatic imine (C=N–C) groups is 1. The van der Waals surface area contributed by atoms with E-state index in [0.29, 0.717) is 6.04 Å². The van der Waals surface area contributed by atoms with E-state index in [2.05, 4.69) is 56.6 Å². The second-order valence-corrected chi connectivity index (χ2v) is 6.81. The van der Waals surface area contributed by atoms with Crippen LogP contribution >= 0.6 is 0 Å². The van der Waals surface area contributed by atoms with Crippen molar-refractivity contribution in [1.82, 2.24) is 25.6 Å². The summed E-state index contributed by atoms with van der Waals surface area (Å²) in [5, 5.41) is 0. The molecule has 0 amide bonds. The zero-order valence-electron chi connectivity index (χ0n) is 15.7. The molecule has 3 heterocycles. The van der Waals surface area contributed by atoms with Gasteiger partial charge in [0, 0.05) is 37.4 Å². The first-order valence-electron chi connectivity index (χ1n) is 9.31. The van der Waals surface area contributed by atoms with E-state index in [-0.39, 0.29) is 5.96 Å². The minimum absolute atomic E-state index is 0.269. The highest BCUT2D eigenvalue weighted by atomic mass is 15.6. The van der Waals surface area contributed by atoms with Crippen molar-refractivity contribution in [1.29, 1.82) is 0 Å². The average molecular weight is 358 g/mol. The summed E-state index contributed by atoms with van der Waals surface area (Å²) in [6.07, 6.45) is 7.21. The number of hydrazine groups is 1. The Labute approximate surface area is 155 Å². The van der Waals surface area contributed by atoms with E-state index in [0.717, 1.165) is 44.0 Å². The molecule has 0 aliphatic carbocycles. The standard InChI is InChI=1S/C18H30N8/c1-3-26(4-2)16-9-11-25(13-16)10-5-6-15-8-7-14(12-21-15)18(20)22-17(19)23-24-18/h5-8,12,16,24H,3-4,9-11,13,20H2,1-2H3,(H3,19,22,23). The van der Waals surface area contributed by atoms with Gasteiger partial charge < -0.3 is 5.73 Å². The van der Waals surface area contributed by atoms with Crippen molar-refractivity contribution < 1.29 is 0 Å². The van der Waals surface area contributed by atoms with Crippen LogP contribution in [0.5, 0.6) is 0 Å². The predicted molar refractivity (Wildman–Crippen MR) is 105 cm³/mol. The summed E-state index contributed by atoms with van der Waals surface area (Å²) in [6.45, 7) is 9.99. The van der Waals surface area contributed by atoms with Crippen LogP contribution in [0.15, 0.2) is 29.4 Å². The highest BCUT2D eigenvalue weighted by Gasteiger charge is 2.31. The third kappa shape index (κ3) is 4.21. The highest BCUT2D eigenvalue weighted by Crippen LogP contribution is 2.18. The number of aromatic nitrogens is 1. The van der Waals surface area contributed by atoms with Crippen molar-refractivity contribution >= 4 is 12.0 Å². The molecule has 0 aromatic carbocycles. The summed E-state index contributed by atoms with van der Waals surface area (Å²) in [7, 11) is 0. The van der Waals surface area contributed by atoms with Crippen molar-refractivity contribution in [3.8, 4) is 0 Å². The maximum absolute atomic E-state index is 6.15. The van der Waals surface area contributed by atoms with E-state index >= 15 is 0 Å². The third-order valence-electron chi connectivity index (χ3n) is 5.13. The molecule has 3 rings (SSSR count). The summed E-state index contributed by atoms with van der Waals surface area (Å²) in [4.78, 5) is 13.7. The van der Waals surface area contributed by atoms with Gasteiger partial charge in [-0.3, -0.25) is 25.9 Å². The lowest BCUT2D eigenvalue weighted by Crippen LogP contribution is -2.50. The number of nitrogens with two attached hydrogens (primary N) is 2. The average Bonchev–Trinajstić information content (AvgIpc) is 3.24. The number of hydrogen-bond acceptors (Lipinski definition) is 8. The van der Waals surface area contributed by atoms with Gasteiger partial charge in [0.1, 0.15) is 0 Å². The van der Waals surface area contributed by atoms with Crippen molar-refractivity contribution in [2.24, 2.45) is 16.5 Å². The Kier molecular flexibility index (Phi) is 5.87. The zero-order valence-corrected chi connectivity index (χ0v) is 15.7. The molecule has 0 radical (unpaired) electrons. The van der Waals surface area contributed by atoms with E-state index in [4.69, 9.17) is 11.5 Å². The Hall–Kier alpha value is -2.00. The molecule has 26 heavy (non-hydrogen) atoms. The molecule has 142 valence electrons. The molecule has 1 aromatic heterocycles. The molecule has 2 aliphatic heterocycles. The van der Waals surface area contributed by atoms with E-state index in [9.17, 15) is 0 Å². The van der Waals surface area contributed by atoms with Gasteiger partial charge in [0.05, 0.1) is 5.69 Å². The van der Waals surface area contributed by atoms with Gasteiger partial charge in [-0.25, -0.2) is 4.99 Å². The lowest BCUT2D eigenvalue weighted by atomic mass is 10.1. The molecular weight excluding hydrogens is 328 g/mol. The number of likely N-dealkylation sites (N-methyl/N-ethyl adjacent to an activating group) is 1. The Morgan fingerprint density at radius 2 is 2.19 bits per heavy atom. The van der Waals surface area contributed by atoms with E-state index in [1.807, 2.05) is 12.1 Å². The van der Waals surface area contributed by atoms with Gasteiger partial charge in [0.2, 0.25) is 11.7 Å². The normalized spacial score (nSPS) is 26.6. The fraction of sp³-hybridized carbons (Fsp3) is 0.556. The molecule has 1 saturated heterocycles. The summed E-state index contributed by atoms with van der Waals surface area (Å²) in [5.41, 5.74) is 19.0. The maximum Gasteiger partial charge on any atom is 0.210 e. The molecule has 2 aliphatic rings. The topological polar surface area (TPSA) is 108 Å². The third-order valence-corrected chi connectivity index (χ3v) is 5.13. The minimum Gasteiger partial charge on any atom is -0.369 e. The Morgan fingerprint density at radius 3 is 2.81 bits per heavy atom. The van der Waals surface area contributed by atoms with Crippen LogP contribution in [0.4, 0.5) is 0 Å². The van der Waals surface area contributed by atoms with Gasteiger partial charge in [-0.05, 0) is 31.7 Å². The number of guanidine groups is 1. The molecule has 0 saturated carbocycles. The first-order chi connectivity index (χ1) is 12.5. The molecule has 0 spiro atoms. The van der Waals surface area contributed by atoms with E-state index in [1.165, 1.54) is 6.42 Å². The first kappa shape index (κ1) is 18.8. The van der Waals surface area contributed by atoms with E-state index in [1.54, 1.807) is 6.20 Å². The predicted octanol–water partition coefficient (Wildman–Crippen LogP) is 0.00240. The maximum atomic E-state index is 6.15. The Morgan fingerprint density at radius 1 is 1.38 bits per heavy atom. The molecule has 1 aromatic rings. The summed E-state index contributed by atoms with van der Waals surface area (Å²) < 4.78 is 0. The number of pyridine rings is 1. The molecule has 2 atom stereocenters. The largest absolute Gasteiger partial charge is 0.369 e. The lowest BCUT2D eigenvalue weighted by Gasteiger charge is -2.25. The van der Waals surface area contributed by atoms with Crippen LogP contribution in [0.1, 0.15) is 31.5 Å². The quantitative estimate of drug-likeness (QED) is 0.543. The molecule has 8 heteroatoms. The fourth-order valence-corrected chi connectivity index (χ4v) is 3.61. The summed E-state index contributed by atoms with van der Waals surface area (Å²) >= 11 is 0. The summed E-state index contributed by atoms with van der Waals surface area (Å²) in [5.74, 6) is -0.793. The molecule has 2 unspecified atom stereocenters. The first-order valence-corrected chi connectivity index (χ1v) is 9.31. The van der Waals surface area contributed by atoms with Crippen molar-refractivity contribution in [2.45, 2.75) is 32.1 Å². The van der Waals surface area contributed by atoms with Crippen molar-refractivity contribution in [3.05, 3.63) is 35.7 Å². The van der Waals surface area contributed by atoms with Crippen LogP contribution in [0, 0.1) is 0 Å². The molecule has 0 bridgehead atoms. The van der Waals surface area contributed by atoms with Gasteiger partial charge >= 0.3 is 0 Å². The number of nitrogens with one attached hydrogen (secondary N) is 2. The second kappa shape index (κ2) is 8.13. The Balaban J connectivity index is 1.52. The molecule has 8 nitrogen and oxygen atoms in total. The van der Waals surface area contributed by atoms with E-state index < -0.39 is 5.79 Å². The van der Waals surface area contributed by atoms with Crippen LogP contribution in [0.3, 0.4) is 0 Å². The van der Waals surface area contributed by atoms with Crippen LogP contribution in [-0.2, 0) is 5.79 Å². The lowest BCUT2D eigenvalue weighted by molar-refractivity contribution is 0.215. The SMILES string of the molecule is CCN(CC)C1CCN(CC=Cc2ccc(C3(N)N=C(N)NN3)cn2)C1. The van der Waals surface area contributed by atoms with Gasteiger partial charge in [-0.15, -0.1) is 0 Å². The smallest absolute Gasteiger partial charge is 0.210 e. The summed E-state index contributed by atoms with van der Waals surface area (Å²) in [6, 6.07) is 4.54. The molecule has 6 N–H and O–H groups in total. The highest BCUT2D eigenvalue weighted by molar-refractivity contribution is 5.79. The van der Waals surface area contributed by atoms with Crippen LogP contribution < -0.4 is 22.3 Å². The van der Waals surface area contributed by atoms with Gasteiger partial charge in [0.25, 0.3) is 0 Å². The number of hydrogen-bond donors (Lipinski definition) is 4. The fourth-order valence-electron chi connectivity index (χ4n) is 3.61. The minimum atomic E-state index is -1.06. The van der Waals surface area contributed by atoms with Crippen molar-refractivity contribution in [3.63, 3.8) is 0 Å². The Bertz CT molecular complexity index is 652. The zero-order chi connectivity index (χ0) is 18.6. The van der Waals surface area contributed by atoms with Gasteiger partial charge in [-0.2, -0.15) is 5.43 Å². The molecule has 1 fully saturated rings. The van der Waals surface area contributed by atoms with Crippen LogP contribution in [0.2, 0.25) is 0 Å². The number of rotatable bonds is 7. The molecular formula is C18H30N8. The number of nitrogens with zero attached hydrogens (tertiary/aromatic N) is 4. The van der Waals surface area contributed by atoms with Crippen LogP contribution in [0.25, 0.3) is 6.08 Å². The second-order valence-electron chi connectivity index (χ2n) is 6.81. The van der Waals surface area contributed by atoms with Gasteiger partial charge in [0.15, 0.2) is 0 Å².